The lowest BCUT2D eigenvalue weighted by atomic mass is 9.96. The first kappa shape index (κ1) is 15.9. The van der Waals surface area contributed by atoms with Crippen molar-refractivity contribution in [3.8, 4) is 0 Å². The summed E-state index contributed by atoms with van der Waals surface area (Å²) in [4.78, 5) is 37.2. The van der Waals surface area contributed by atoms with Gasteiger partial charge in [0.2, 0.25) is 11.8 Å². The Balaban J connectivity index is 1.66. The molecule has 2 amide bonds. The fourth-order valence-electron chi connectivity index (χ4n) is 3.15. The summed E-state index contributed by atoms with van der Waals surface area (Å²) >= 11 is 1.42. The lowest BCUT2D eigenvalue weighted by molar-refractivity contribution is -0.161. The van der Waals surface area contributed by atoms with Gasteiger partial charge < -0.3 is 15.3 Å². The highest BCUT2D eigenvalue weighted by atomic mass is 32.2. The van der Waals surface area contributed by atoms with E-state index in [0.717, 1.165) is 5.56 Å². The molecule has 1 aromatic carbocycles. The van der Waals surface area contributed by atoms with E-state index in [2.05, 4.69) is 5.32 Å². The molecule has 2 N–H and O–H groups in total. The number of carboxylic acids is 1. The lowest BCUT2D eigenvalue weighted by Crippen LogP contribution is -2.70. The van der Waals surface area contributed by atoms with E-state index in [0.29, 0.717) is 0 Å². The molecule has 3 unspecified atom stereocenters. The second-order valence-corrected chi connectivity index (χ2v) is 8.08. The predicted octanol–water partition coefficient (Wildman–Crippen LogP) is 0.861. The van der Waals surface area contributed by atoms with Gasteiger partial charge in [0.05, 0.1) is 6.42 Å². The van der Waals surface area contributed by atoms with Crippen molar-refractivity contribution in [2.75, 3.05) is 0 Å². The summed E-state index contributed by atoms with van der Waals surface area (Å²) in [5.74, 6) is -1.55. The smallest absolute Gasteiger partial charge is 0.327 e. The van der Waals surface area contributed by atoms with Gasteiger partial charge >= 0.3 is 5.97 Å². The quantitative estimate of drug-likeness (QED) is 0.629. The van der Waals surface area contributed by atoms with Gasteiger partial charge in [-0.05, 0) is 19.4 Å². The van der Waals surface area contributed by atoms with E-state index >= 15 is 0 Å². The maximum atomic E-state index is 12.3. The number of carboxylic acid groups (broad SMARTS) is 1. The van der Waals surface area contributed by atoms with Gasteiger partial charge in [-0.15, -0.1) is 11.8 Å². The van der Waals surface area contributed by atoms with E-state index in [1.54, 1.807) is 0 Å². The molecule has 2 saturated heterocycles. The summed E-state index contributed by atoms with van der Waals surface area (Å²) in [5, 5.41) is 11.8. The topological polar surface area (TPSA) is 86.7 Å². The van der Waals surface area contributed by atoms with E-state index in [1.807, 2.05) is 44.2 Å². The van der Waals surface area contributed by atoms with Crippen molar-refractivity contribution in [3.05, 3.63) is 35.9 Å². The van der Waals surface area contributed by atoms with Crippen LogP contribution in [0.25, 0.3) is 0 Å². The first-order valence-electron chi connectivity index (χ1n) is 7.37. The van der Waals surface area contributed by atoms with Crippen LogP contribution in [-0.4, -0.2) is 50.0 Å². The van der Waals surface area contributed by atoms with E-state index in [1.165, 1.54) is 16.7 Å². The molecule has 0 bridgehead atoms. The summed E-state index contributed by atoms with van der Waals surface area (Å²) in [6, 6.07) is 7.78. The number of amides is 2. The van der Waals surface area contributed by atoms with Crippen molar-refractivity contribution in [2.45, 2.75) is 42.5 Å². The van der Waals surface area contributed by atoms with Crippen molar-refractivity contribution in [3.63, 3.8) is 0 Å². The molecule has 0 saturated carbocycles. The maximum absolute atomic E-state index is 12.3. The molecule has 0 spiro atoms. The zero-order valence-corrected chi connectivity index (χ0v) is 13.7. The lowest BCUT2D eigenvalue weighted by Gasteiger charge is -2.43. The number of aliphatic carboxylic acids is 1. The number of thioether (sulfide) groups is 1. The highest BCUT2D eigenvalue weighted by molar-refractivity contribution is 8.01. The minimum absolute atomic E-state index is 0.202. The van der Waals surface area contributed by atoms with Crippen LogP contribution in [0.1, 0.15) is 19.4 Å². The largest absolute Gasteiger partial charge is 0.480 e. The molecule has 2 aliphatic heterocycles. The summed E-state index contributed by atoms with van der Waals surface area (Å²) in [6.45, 7) is 3.62. The molecular formula is C16H18N2O4S. The molecule has 6 nitrogen and oxygen atoms in total. The molecule has 0 aliphatic carbocycles. The number of nitrogens with zero attached hydrogens (tertiary/aromatic N) is 1. The van der Waals surface area contributed by atoms with Crippen LogP contribution in [0.2, 0.25) is 0 Å². The summed E-state index contributed by atoms with van der Waals surface area (Å²) in [5.41, 5.74) is 0.872. The number of carbonyl (C=O) groups excluding carboxylic acids is 2. The molecule has 3 rings (SSSR count). The third-order valence-corrected chi connectivity index (χ3v) is 5.77. The Morgan fingerprint density at radius 2 is 1.96 bits per heavy atom. The molecule has 2 fully saturated rings. The van der Waals surface area contributed by atoms with Gasteiger partial charge in [0.25, 0.3) is 0 Å². The molecule has 0 aromatic heterocycles. The van der Waals surface area contributed by atoms with Gasteiger partial charge in [-0.1, -0.05) is 30.3 Å². The van der Waals surface area contributed by atoms with Crippen LogP contribution in [0.15, 0.2) is 30.3 Å². The normalized spacial score (nSPS) is 28.0. The molecule has 0 radical (unpaired) electrons. The summed E-state index contributed by atoms with van der Waals surface area (Å²) < 4.78 is -0.578. The standard InChI is InChI=1S/C16H18N2O4S/c1-16(2)12(15(21)22)18-13(20)11(14(18)23-16)17-10(19)8-9-6-4-3-5-7-9/h3-7,11-12,14H,8H2,1-2H3,(H,17,19)(H,21,22)/i8+1,10+1. The fraction of sp³-hybridized carbons (Fsp3) is 0.438. The van der Waals surface area contributed by atoms with Crippen LogP contribution in [0.3, 0.4) is 0 Å². The van der Waals surface area contributed by atoms with Crippen LogP contribution >= 0.6 is 11.8 Å². The molecule has 23 heavy (non-hydrogen) atoms. The third-order valence-electron chi connectivity index (χ3n) is 4.20. The van der Waals surface area contributed by atoms with E-state index < -0.39 is 22.8 Å². The molecule has 3 atom stereocenters. The Bertz CT molecular complexity index is 661. The second-order valence-electron chi connectivity index (χ2n) is 6.31. The predicted molar refractivity (Wildman–Crippen MR) is 85.8 cm³/mol. The van der Waals surface area contributed by atoms with Crippen LogP contribution in [-0.2, 0) is 20.8 Å². The molecule has 2 heterocycles. The minimum atomic E-state index is -1.01. The van der Waals surface area contributed by atoms with Crippen LogP contribution in [0.4, 0.5) is 0 Å². The van der Waals surface area contributed by atoms with Gasteiger partial charge in [-0.2, -0.15) is 0 Å². The highest BCUT2D eigenvalue weighted by Gasteiger charge is 2.64. The van der Waals surface area contributed by atoms with Crippen molar-refractivity contribution in [2.24, 2.45) is 0 Å². The number of carbonyl (C=O) groups is 3. The Hall–Kier alpha value is -2.02. The molecule has 1 aromatic rings. The van der Waals surface area contributed by atoms with Crippen LogP contribution < -0.4 is 5.32 Å². The van der Waals surface area contributed by atoms with Gasteiger partial charge in [0.15, 0.2) is 0 Å². The number of nitrogens with one attached hydrogen (secondary N) is 1. The number of rotatable bonds is 4. The Labute approximate surface area is 138 Å². The van der Waals surface area contributed by atoms with Crippen LogP contribution in [0.5, 0.6) is 0 Å². The van der Waals surface area contributed by atoms with Crippen molar-refractivity contribution < 1.29 is 19.5 Å². The monoisotopic (exact) mass is 336 g/mol. The van der Waals surface area contributed by atoms with Gasteiger partial charge in [0.1, 0.15) is 17.5 Å². The molecular weight excluding hydrogens is 318 g/mol. The second kappa shape index (κ2) is 5.56. The zero-order chi connectivity index (χ0) is 16.8. The third kappa shape index (κ3) is 2.69. The molecule has 7 heteroatoms. The molecule has 2 aliphatic rings. The SMILES string of the molecule is CC1(C)SC2C(N[13C](=O)[13CH2]c3ccccc3)C(=O)N2C1C(=O)O. The van der Waals surface area contributed by atoms with Crippen LogP contribution in [0, 0.1) is 0 Å². The van der Waals surface area contributed by atoms with Crippen molar-refractivity contribution >= 4 is 29.5 Å². The van der Waals surface area contributed by atoms with Crippen molar-refractivity contribution in [1.29, 1.82) is 0 Å². The van der Waals surface area contributed by atoms with E-state index in [4.69, 9.17) is 0 Å². The summed E-state index contributed by atoms with van der Waals surface area (Å²) in [7, 11) is 0. The van der Waals surface area contributed by atoms with Gasteiger partial charge in [0, 0.05) is 4.75 Å². The van der Waals surface area contributed by atoms with Gasteiger partial charge in [-0.25, -0.2) is 4.79 Å². The zero-order valence-electron chi connectivity index (χ0n) is 12.9. The van der Waals surface area contributed by atoms with E-state index in [-0.39, 0.29) is 23.6 Å². The Morgan fingerprint density at radius 1 is 1.30 bits per heavy atom. The highest BCUT2D eigenvalue weighted by Crippen LogP contribution is 2.50. The molecule has 122 valence electrons. The average molecular weight is 336 g/mol. The maximum Gasteiger partial charge on any atom is 0.327 e. The van der Waals surface area contributed by atoms with Gasteiger partial charge in [-0.3, -0.25) is 9.59 Å². The number of hydrogen-bond donors (Lipinski definition) is 2. The average Bonchev–Trinajstić information content (AvgIpc) is 2.74. The van der Waals surface area contributed by atoms with E-state index in [9.17, 15) is 19.5 Å². The fourth-order valence-corrected chi connectivity index (χ4v) is 4.78. The Kier molecular flexibility index (Phi) is 3.83. The summed E-state index contributed by atoms with van der Waals surface area (Å²) in [6.07, 6.45) is 0.202. The minimum Gasteiger partial charge on any atom is -0.480 e. The number of benzene rings is 1. The number of hydrogen-bond acceptors (Lipinski definition) is 4. The first-order chi connectivity index (χ1) is 10.8. The Morgan fingerprint density at radius 3 is 2.57 bits per heavy atom. The first-order valence-corrected chi connectivity index (χ1v) is 8.25. The number of fused-ring (bicyclic) bond motifs is 1. The van der Waals surface area contributed by atoms with Crippen molar-refractivity contribution in [1.82, 2.24) is 10.2 Å². The number of β-lactam (4-membered cyclic amide) rings is 1.